The van der Waals surface area contributed by atoms with Gasteiger partial charge in [0.2, 0.25) is 0 Å². The molecule has 25 heavy (non-hydrogen) atoms. The van der Waals surface area contributed by atoms with Gasteiger partial charge in [-0.1, -0.05) is 36.4 Å². The smallest absolute Gasteiger partial charge is 0.407 e. The van der Waals surface area contributed by atoms with Gasteiger partial charge in [-0.05, 0) is 45.3 Å². The first kappa shape index (κ1) is 20.9. The zero-order chi connectivity index (χ0) is 18.9. The van der Waals surface area contributed by atoms with Crippen molar-refractivity contribution in [3.8, 4) is 0 Å². The van der Waals surface area contributed by atoms with Gasteiger partial charge in [-0.25, -0.2) is 4.79 Å². The zero-order valence-electron chi connectivity index (χ0n) is 15.5. The summed E-state index contributed by atoms with van der Waals surface area (Å²) in [5.74, 6) is -0.0730. The molecule has 0 aliphatic heterocycles. The van der Waals surface area contributed by atoms with E-state index in [1.54, 1.807) is 26.8 Å². The molecule has 0 fully saturated rings. The summed E-state index contributed by atoms with van der Waals surface area (Å²) < 4.78 is 5.11. The topological polar surface area (TPSA) is 75.6 Å². The van der Waals surface area contributed by atoms with Crippen molar-refractivity contribution in [3.05, 3.63) is 47.5 Å². The lowest BCUT2D eigenvalue weighted by molar-refractivity contribution is -0.117. The summed E-state index contributed by atoms with van der Waals surface area (Å²) in [4.78, 5) is 23.9. The highest BCUT2D eigenvalue weighted by atomic mass is 16.6. The van der Waals surface area contributed by atoms with Gasteiger partial charge in [0.15, 0.2) is 5.78 Å². The number of benzene rings is 1. The highest BCUT2D eigenvalue weighted by Gasteiger charge is 2.17. The lowest BCUT2D eigenvalue weighted by Gasteiger charge is -2.20. The molecule has 1 unspecified atom stereocenters. The third-order valence-corrected chi connectivity index (χ3v) is 3.51. The second kappa shape index (κ2) is 9.99. The number of rotatable bonds is 8. The molecule has 0 bridgehead atoms. The minimum atomic E-state index is -0.798. The molecule has 0 aromatic heterocycles. The summed E-state index contributed by atoms with van der Waals surface area (Å²) >= 11 is 0. The Morgan fingerprint density at radius 2 is 1.88 bits per heavy atom. The third kappa shape index (κ3) is 9.05. The Morgan fingerprint density at radius 1 is 1.24 bits per heavy atom. The molecule has 0 heterocycles. The first-order valence-corrected chi connectivity index (χ1v) is 8.58. The molecule has 0 saturated carbocycles. The number of alkyl carbamates (subject to hydrolysis) is 1. The van der Waals surface area contributed by atoms with Crippen LogP contribution in [-0.4, -0.2) is 35.2 Å². The molecule has 1 atom stereocenters. The van der Waals surface area contributed by atoms with Crippen LogP contribution < -0.4 is 5.32 Å². The normalized spacial score (nSPS) is 13.2. The van der Waals surface area contributed by atoms with Crippen LogP contribution >= 0.6 is 0 Å². The highest BCUT2D eigenvalue weighted by Crippen LogP contribution is 2.13. The van der Waals surface area contributed by atoms with Gasteiger partial charge in [0.05, 0.1) is 6.10 Å². The van der Waals surface area contributed by atoms with Crippen molar-refractivity contribution in [2.75, 3.05) is 6.54 Å². The van der Waals surface area contributed by atoms with E-state index in [1.807, 2.05) is 37.3 Å². The number of amides is 1. The van der Waals surface area contributed by atoms with Crippen molar-refractivity contribution in [2.45, 2.75) is 58.7 Å². The van der Waals surface area contributed by atoms with Crippen LogP contribution in [-0.2, 0) is 16.0 Å². The molecule has 1 rings (SSSR count). The Bertz CT molecular complexity index is 587. The number of aliphatic hydroxyl groups is 1. The Morgan fingerprint density at radius 3 is 2.44 bits per heavy atom. The number of carbonyl (C=O) groups excluding carboxylic acids is 2. The number of ether oxygens (including phenoxy) is 1. The van der Waals surface area contributed by atoms with Crippen molar-refractivity contribution in [1.82, 2.24) is 5.32 Å². The first-order chi connectivity index (χ1) is 11.7. The number of allylic oxidation sites excluding steroid dienone is 2. The fourth-order valence-electron chi connectivity index (χ4n) is 2.28. The SMILES string of the molecule is C/C=C(\Cc1ccccc1)C(=O)CC(O)CCNC(=O)OC(C)(C)C. The van der Waals surface area contributed by atoms with Crippen LogP contribution in [0.4, 0.5) is 4.79 Å². The molecule has 0 radical (unpaired) electrons. The molecule has 5 heteroatoms. The minimum Gasteiger partial charge on any atom is -0.444 e. The van der Waals surface area contributed by atoms with Crippen molar-refractivity contribution in [2.24, 2.45) is 0 Å². The van der Waals surface area contributed by atoms with Crippen molar-refractivity contribution >= 4 is 11.9 Å². The van der Waals surface area contributed by atoms with Gasteiger partial charge in [-0.3, -0.25) is 4.79 Å². The molecule has 0 spiro atoms. The van der Waals surface area contributed by atoms with Gasteiger partial charge in [0, 0.05) is 19.4 Å². The molecule has 1 aromatic rings. The largest absolute Gasteiger partial charge is 0.444 e. The summed E-state index contributed by atoms with van der Waals surface area (Å²) in [6, 6.07) is 9.74. The van der Waals surface area contributed by atoms with E-state index in [9.17, 15) is 14.7 Å². The van der Waals surface area contributed by atoms with Crippen LogP contribution in [0, 0.1) is 0 Å². The van der Waals surface area contributed by atoms with E-state index < -0.39 is 17.8 Å². The standard InChI is InChI=1S/C20H29NO4/c1-5-16(13-15-9-7-6-8-10-15)18(23)14-17(22)11-12-21-19(24)25-20(2,3)4/h5-10,17,22H,11-14H2,1-4H3,(H,21,24)/b16-5+. The number of carbonyl (C=O) groups is 2. The fraction of sp³-hybridized carbons (Fsp3) is 0.500. The summed E-state index contributed by atoms with van der Waals surface area (Å²) in [5.41, 5.74) is 1.19. The maximum absolute atomic E-state index is 12.3. The second-order valence-electron chi connectivity index (χ2n) is 6.97. The third-order valence-electron chi connectivity index (χ3n) is 3.51. The van der Waals surface area contributed by atoms with Crippen LogP contribution in [0.15, 0.2) is 42.0 Å². The molecule has 2 N–H and O–H groups in total. The predicted octanol–water partition coefficient (Wildman–Crippen LogP) is 3.41. The van der Waals surface area contributed by atoms with E-state index in [0.29, 0.717) is 18.4 Å². The Hall–Kier alpha value is -2.14. The molecular weight excluding hydrogens is 318 g/mol. The molecule has 0 aliphatic rings. The monoisotopic (exact) mass is 347 g/mol. The second-order valence-corrected chi connectivity index (χ2v) is 6.97. The summed E-state index contributed by atoms with van der Waals surface area (Å²) in [5, 5.41) is 12.6. The molecule has 0 saturated heterocycles. The van der Waals surface area contributed by atoms with E-state index in [-0.39, 0.29) is 18.7 Å². The van der Waals surface area contributed by atoms with Gasteiger partial charge in [-0.2, -0.15) is 0 Å². The average Bonchev–Trinajstić information content (AvgIpc) is 2.51. The van der Waals surface area contributed by atoms with E-state index >= 15 is 0 Å². The number of aliphatic hydroxyl groups excluding tert-OH is 1. The van der Waals surface area contributed by atoms with Crippen molar-refractivity contribution in [1.29, 1.82) is 0 Å². The average molecular weight is 347 g/mol. The Kier molecular flexibility index (Phi) is 8.35. The van der Waals surface area contributed by atoms with Gasteiger partial charge >= 0.3 is 6.09 Å². The Labute approximate surface area is 150 Å². The van der Waals surface area contributed by atoms with E-state index in [0.717, 1.165) is 5.56 Å². The van der Waals surface area contributed by atoms with Gasteiger partial charge < -0.3 is 15.2 Å². The lowest BCUT2D eigenvalue weighted by atomic mass is 9.97. The van der Waals surface area contributed by atoms with Gasteiger partial charge in [-0.15, -0.1) is 0 Å². The first-order valence-electron chi connectivity index (χ1n) is 8.58. The van der Waals surface area contributed by atoms with Crippen molar-refractivity contribution < 1.29 is 19.4 Å². The number of hydrogen-bond acceptors (Lipinski definition) is 4. The van der Waals surface area contributed by atoms with Crippen molar-refractivity contribution in [3.63, 3.8) is 0 Å². The molecule has 138 valence electrons. The summed E-state index contributed by atoms with van der Waals surface area (Å²) in [6.45, 7) is 7.43. The van der Waals surface area contributed by atoms with Crippen LogP contribution in [0.1, 0.15) is 46.1 Å². The molecule has 0 aliphatic carbocycles. The molecule has 5 nitrogen and oxygen atoms in total. The maximum Gasteiger partial charge on any atom is 0.407 e. The number of hydrogen-bond donors (Lipinski definition) is 2. The number of ketones is 1. The Balaban J connectivity index is 2.38. The van der Waals surface area contributed by atoms with Gasteiger partial charge in [0.1, 0.15) is 5.60 Å². The zero-order valence-corrected chi connectivity index (χ0v) is 15.5. The molecule has 1 aromatic carbocycles. The molecular formula is C20H29NO4. The summed E-state index contributed by atoms with van der Waals surface area (Å²) in [7, 11) is 0. The summed E-state index contributed by atoms with van der Waals surface area (Å²) in [6.07, 6.45) is 1.37. The van der Waals surface area contributed by atoms with Crippen LogP contribution in [0.3, 0.4) is 0 Å². The van der Waals surface area contributed by atoms with E-state index in [2.05, 4.69) is 5.32 Å². The van der Waals surface area contributed by atoms with Crippen LogP contribution in [0.5, 0.6) is 0 Å². The predicted molar refractivity (Wildman–Crippen MR) is 98.4 cm³/mol. The van der Waals surface area contributed by atoms with Crippen LogP contribution in [0.25, 0.3) is 0 Å². The lowest BCUT2D eigenvalue weighted by Crippen LogP contribution is -2.34. The molecule has 1 amide bonds. The van der Waals surface area contributed by atoms with E-state index in [4.69, 9.17) is 4.74 Å². The fourth-order valence-corrected chi connectivity index (χ4v) is 2.28. The number of Topliss-reactive ketones (excluding diaryl/α,β-unsaturated/α-hetero) is 1. The van der Waals surface area contributed by atoms with Crippen LogP contribution in [0.2, 0.25) is 0 Å². The highest BCUT2D eigenvalue weighted by molar-refractivity contribution is 5.95. The maximum atomic E-state index is 12.3. The quantitative estimate of drug-likeness (QED) is 0.707. The van der Waals surface area contributed by atoms with E-state index in [1.165, 1.54) is 0 Å². The van der Waals surface area contributed by atoms with Gasteiger partial charge in [0.25, 0.3) is 0 Å². The minimum absolute atomic E-state index is 0.0442. The number of nitrogens with one attached hydrogen (secondary N) is 1.